The zero-order valence-electron chi connectivity index (χ0n) is 9.27. The summed E-state index contributed by atoms with van der Waals surface area (Å²) in [6.07, 6.45) is 3.69. The molecule has 0 saturated carbocycles. The van der Waals surface area contributed by atoms with E-state index < -0.39 is 0 Å². The van der Waals surface area contributed by atoms with Crippen molar-refractivity contribution in [2.24, 2.45) is 0 Å². The molecule has 0 radical (unpaired) electrons. The molecule has 2 aromatic heterocycles. The Hall–Kier alpha value is -1.62. The number of hydrogen-bond acceptors (Lipinski definition) is 4. The van der Waals surface area contributed by atoms with Gasteiger partial charge in [0.05, 0.1) is 17.9 Å². The Morgan fingerprint density at radius 3 is 3.25 bits per heavy atom. The number of hydrogen-bond donors (Lipinski definition) is 2. The van der Waals surface area contributed by atoms with Gasteiger partial charge in [-0.25, -0.2) is 4.98 Å². The maximum atomic E-state index is 4.48. The van der Waals surface area contributed by atoms with E-state index >= 15 is 0 Å². The average molecular weight is 217 g/mol. The van der Waals surface area contributed by atoms with Gasteiger partial charge in [0.1, 0.15) is 5.82 Å². The number of H-pyrrole nitrogens is 1. The molecule has 0 spiro atoms. The van der Waals surface area contributed by atoms with Gasteiger partial charge in [-0.2, -0.15) is 5.10 Å². The van der Waals surface area contributed by atoms with Crippen LogP contribution >= 0.6 is 0 Å². The van der Waals surface area contributed by atoms with Gasteiger partial charge in [0.25, 0.3) is 0 Å². The third kappa shape index (κ3) is 1.53. The average Bonchev–Trinajstić information content (AvgIpc) is 2.76. The molecule has 0 aliphatic carbocycles. The van der Waals surface area contributed by atoms with Crippen LogP contribution < -0.4 is 10.2 Å². The van der Waals surface area contributed by atoms with Crippen LogP contribution in [0.15, 0.2) is 18.5 Å². The predicted octanol–water partition coefficient (Wildman–Crippen LogP) is 0.756. The Kier molecular flexibility index (Phi) is 2.25. The van der Waals surface area contributed by atoms with Crippen molar-refractivity contribution in [1.82, 2.24) is 20.5 Å². The van der Waals surface area contributed by atoms with E-state index in [0.717, 1.165) is 36.4 Å². The van der Waals surface area contributed by atoms with E-state index in [1.165, 1.54) is 0 Å². The monoisotopic (exact) mass is 217 g/mol. The number of fused-ring (bicyclic) bond motifs is 1. The molecule has 1 aliphatic rings. The van der Waals surface area contributed by atoms with Crippen molar-refractivity contribution in [2.75, 3.05) is 24.5 Å². The van der Waals surface area contributed by atoms with Gasteiger partial charge in [0.15, 0.2) is 0 Å². The molecule has 0 aromatic carbocycles. The second-order valence-corrected chi connectivity index (χ2v) is 4.25. The summed E-state index contributed by atoms with van der Waals surface area (Å²) >= 11 is 0. The van der Waals surface area contributed by atoms with E-state index in [-0.39, 0.29) is 0 Å². The molecule has 84 valence electrons. The van der Waals surface area contributed by atoms with Crippen LogP contribution in [-0.4, -0.2) is 40.9 Å². The molecule has 1 unspecified atom stereocenters. The molecule has 0 amide bonds. The number of nitrogens with one attached hydrogen (secondary N) is 2. The molecule has 1 atom stereocenters. The number of pyridine rings is 1. The third-order valence-electron chi connectivity index (χ3n) is 3.11. The predicted molar refractivity (Wildman–Crippen MR) is 63.6 cm³/mol. The lowest BCUT2D eigenvalue weighted by Crippen LogP contribution is -2.50. The normalized spacial score (nSPS) is 21.6. The molecule has 1 fully saturated rings. The van der Waals surface area contributed by atoms with E-state index in [1.54, 1.807) is 0 Å². The van der Waals surface area contributed by atoms with Crippen molar-refractivity contribution in [3.8, 4) is 0 Å². The topological polar surface area (TPSA) is 56.8 Å². The number of anilines is 1. The molecule has 2 aromatic rings. The lowest BCUT2D eigenvalue weighted by atomic mass is 10.2. The Balaban J connectivity index is 1.97. The molecule has 1 aliphatic heterocycles. The Morgan fingerprint density at radius 1 is 1.44 bits per heavy atom. The van der Waals surface area contributed by atoms with Crippen molar-refractivity contribution in [3.05, 3.63) is 18.5 Å². The molecular weight excluding hydrogens is 202 g/mol. The summed E-state index contributed by atoms with van der Waals surface area (Å²) in [5.41, 5.74) is 0.992. The molecule has 5 heteroatoms. The minimum atomic E-state index is 0.491. The van der Waals surface area contributed by atoms with Gasteiger partial charge in [0, 0.05) is 31.1 Å². The fourth-order valence-electron chi connectivity index (χ4n) is 2.17. The standard InChI is InChI=1S/C11H15N5/c1-8-5-12-2-3-16(8)11-4-9-6-14-15-10(9)7-13-11/h4,6-8,12H,2-3,5H2,1H3,(H,14,15). The van der Waals surface area contributed by atoms with Crippen molar-refractivity contribution in [1.29, 1.82) is 0 Å². The Bertz CT molecular complexity index is 492. The number of aromatic amines is 1. The highest BCUT2D eigenvalue weighted by molar-refractivity contribution is 5.79. The number of piperazine rings is 1. The molecule has 3 rings (SSSR count). The second kappa shape index (κ2) is 3.75. The summed E-state index contributed by atoms with van der Waals surface area (Å²) in [7, 11) is 0. The van der Waals surface area contributed by atoms with Crippen LogP contribution in [0.2, 0.25) is 0 Å². The summed E-state index contributed by atoms with van der Waals surface area (Å²) in [6, 6.07) is 2.59. The van der Waals surface area contributed by atoms with Crippen LogP contribution in [0.3, 0.4) is 0 Å². The first-order chi connectivity index (χ1) is 7.84. The van der Waals surface area contributed by atoms with Gasteiger partial charge in [-0.15, -0.1) is 0 Å². The summed E-state index contributed by atoms with van der Waals surface area (Å²) in [5, 5.41) is 11.4. The van der Waals surface area contributed by atoms with E-state index in [2.05, 4.69) is 38.4 Å². The van der Waals surface area contributed by atoms with Gasteiger partial charge >= 0.3 is 0 Å². The molecule has 16 heavy (non-hydrogen) atoms. The van der Waals surface area contributed by atoms with Crippen LogP contribution in [0.4, 0.5) is 5.82 Å². The SMILES string of the molecule is CC1CNCCN1c1cc2cn[nH]c2cn1. The number of rotatable bonds is 1. The summed E-state index contributed by atoms with van der Waals surface area (Å²) in [5.74, 6) is 1.04. The summed E-state index contributed by atoms with van der Waals surface area (Å²) in [4.78, 5) is 6.82. The van der Waals surface area contributed by atoms with E-state index in [0.29, 0.717) is 6.04 Å². The van der Waals surface area contributed by atoms with Gasteiger partial charge in [-0.1, -0.05) is 0 Å². The van der Waals surface area contributed by atoms with Crippen LogP contribution in [0.25, 0.3) is 10.9 Å². The van der Waals surface area contributed by atoms with Crippen LogP contribution in [0, 0.1) is 0 Å². The Morgan fingerprint density at radius 2 is 2.38 bits per heavy atom. The van der Waals surface area contributed by atoms with Crippen LogP contribution in [0.1, 0.15) is 6.92 Å². The highest BCUT2D eigenvalue weighted by Gasteiger charge is 2.19. The largest absolute Gasteiger partial charge is 0.351 e. The lowest BCUT2D eigenvalue weighted by Gasteiger charge is -2.34. The van der Waals surface area contributed by atoms with Gasteiger partial charge in [-0.3, -0.25) is 5.10 Å². The highest BCUT2D eigenvalue weighted by Crippen LogP contribution is 2.19. The number of nitrogens with zero attached hydrogens (tertiary/aromatic N) is 3. The first-order valence-electron chi connectivity index (χ1n) is 5.61. The lowest BCUT2D eigenvalue weighted by molar-refractivity contribution is 0.497. The molecule has 3 heterocycles. The van der Waals surface area contributed by atoms with E-state index in [9.17, 15) is 0 Å². The Labute approximate surface area is 93.9 Å². The van der Waals surface area contributed by atoms with Crippen molar-refractivity contribution in [3.63, 3.8) is 0 Å². The molecule has 0 bridgehead atoms. The molecule has 5 nitrogen and oxygen atoms in total. The van der Waals surface area contributed by atoms with E-state index in [4.69, 9.17) is 0 Å². The highest BCUT2D eigenvalue weighted by atomic mass is 15.3. The smallest absolute Gasteiger partial charge is 0.129 e. The second-order valence-electron chi connectivity index (χ2n) is 4.25. The summed E-state index contributed by atoms with van der Waals surface area (Å²) in [6.45, 7) is 5.27. The van der Waals surface area contributed by atoms with Crippen LogP contribution in [-0.2, 0) is 0 Å². The van der Waals surface area contributed by atoms with Gasteiger partial charge in [0.2, 0.25) is 0 Å². The van der Waals surface area contributed by atoms with Gasteiger partial charge in [-0.05, 0) is 13.0 Å². The van der Waals surface area contributed by atoms with Crippen molar-refractivity contribution >= 4 is 16.7 Å². The zero-order chi connectivity index (χ0) is 11.0. The fraction of sp³-hybridized carbons (Fsp3) is 0.455. The van der Waals surface area contributed by atoms with Crippen molar-refractivity contribution < 1.29 is 0 Å². The quantitative estimate of drug-likeness (QED) is 0.740. The van der Waals surface area contributed by atoms with Crippen molar-refractivity contribution in [2.45, 2.75) is 13.0 Å². The fourth-order valence-corrected chi connectivity index (χ4v) is 2.17. The van der Waals surface area contributed by atoms with Crippen LogP contribution in [0.5, 0.6) is 0 Å². The first-order valence-corrected chi connectivity index (χ1v) is 5.61. The first kappa shape index (κ1) is 9.59. The zero-order valence-corrected chi connectivity index (χ0v) is 9.27. The maximum absolute atomic E-state index is 4.48. The molecule has 1 saturated heterocycles. The van der Waals surface area contributed by atoms with E-state index in [1.807, 2.05) is 12.4 Å². The molecular formula is C11H15N5. The van der Waals surface area contributed by atoms with Gasteiger partial charge < -0.3 is 10.2 Å². The molecule has 2 N–H and O–H groups in total. The maximum Gasteiger partial charge on any atom is 0.129 e. The summed E-state index contributed by atoms with van der Waals surface area (Å²) < 4.78 is 0. The minimum absolute atomic E-state index is 0.491. The number of aromatic nitrogens is 3. The third-order valence-corrected chi connectivity index (χ3v) is 3.11. The minimum Gasteiger partial charge on any atom is -0.351 e.